The molecule has 0 bridgehead atoms. The zero-order valence-electron chi connectivity index (χ0n) is 16.7. The molecule has 2 N–H and O–H groups in total. The summed E-state index contributed by atoms with van der Waals surface area (Å²) in [4.78, 5) is 27.9. The molecular formula is C22H20N4O5. The van der Waals surface area contributed by atoms with E-state index in [2.05, 4.69) is 15.6 Å². The van der Waals surface area contributed by atoms with Crippen molar-refractivity contribution in [2.45, 2.75) is 19.5 Å². The number of rotatable bonds is 7. The zero-order valence-corrected chi connectivity index (χ0v) is 16.7. The van der Waals surface area contributed by atoms with E-state index in [1.165, 1.54) is 12.1 Å². The molecule has 9 nitrogen and oxygen atoms in total. The van der Waals surface area contributed by atoms with Gasteiger partial charge >= 0.3 is 0 Å². The molecule has 3 aromatic rings. The lowest BCUT2D eigenvalue weighted by Crippen LogP contribution is -2.23. The van der Waals surface area contributed by atoms with Crippen molar-refractivity contribution in [3.63, 3.8) is 0 Å². The molecule has 0 saturated heterocycles. The van der Waals surface area contributed by atoms with Crippen LogP contribution in [0.4, 0.5) is 11.4 Å². The van der Waals surface area contributed by atoms with E-state index in [0.29, 0.717) is 17.2 Å². The average molecular weight is 420 g/mol. The van der Waals surface area contributed by atoms with Crippen LogP contribution < -0.4 is 20.1 Å². The first-order valence-corrected chi connectivity index (χ1v) is 9.64. The van der Waals surface area contributed by atoms with E-state index in [1.807, 2.05) is 25.1 Å². The highest BCUT2D eigenvalue weighted by Gasteiger charge is 2.20. The Morgan fingerprint density at radius 1 is 1.16 bits per heavy atom. The number of carbonyl (C=O) groups excluding carboxylic acids is 1. The first-order chi connectivity index (χ1) is 15.0. The van der Waals surface area contributed by atoms with Crippen molar-refractivity contribution in [1.29, 1.82) is 0 Å². The number of aromatic nitrogens is 1. The molecule has 0 radical (unpaired) electrons. The Hall–Kier alpha value is -4.14. The lowest BCUT2D eigenvalue weighted by atomic mass is 10.1. The van der Waals surface area contributed by atoms with E-state index in [-0.39, 0.29) is 30.6 Å². The summed E-state index contributed by atoms with van der Waals surface area (Å²) in [6, 6.07) is 15.0. The topological polar surface area (TPSA) is 116 Å². The highest BCUT2D eigenvalue weighted by molar-refractivity contribution is 5.95. The number of ether oxygens (including phenoxy) is 2. The Balaban J connectivity index is 1.46. The highest BCUT2D eigenvalue weighted by Crippen LogP contribution is 2.32. The summed E-state index contributed by atoms with van der Waals surface area (Å²) in [5.74, 6) is 0.874. The molecule has 1 aliphatic heterocycles. The Morgan fingerprint density at radius 3 is 2.77 bits per heavy atom. The van der Waals surface area contributed by atoms with Gasteiger partial charge in [0.1, 0.15) is 5.69 Å². The number of nitro groups is 1. The van der Waals surface area contributed by atoms with Crippen molar-refractivity contribution in [1.82, 2.24) is 10.3 Å². The molecule has 0 aliphatic carbocycles. The van der Waals surface area contributed by atoms with Crippen molar-refractivity contribution in [2.24, 2.45) is 0 Å². The smallest absolute Gasteiger partial charge is 0.293 e. The summed E-state index contributed by atoms with van der Waals surface area (Å²) < 4.78 is 10.6. The Bertz CT molecular complexity index is 1120. The van der Waals surface area contributed by atoms with Crippen LogP contribution in [0.3, 0.4) is 0 Å². The fourth-order valence-corrected chi connectivity index (χ4v) is 3.22. The number of nitrogens with one attached hydrogen (secondary N) is 2. The number of pyridine rings is 1. The standard InChI is InChI=1S/C22H20N4O5/c1-14(17-4-2-3-9-23-17)25-18-7-6-16(11-19(18)26(28)29)22(27)24-12-15-5-8-20-21(10-15)31-13-30-20/h2-11,14,25H,12-13H2,1H3,(H,24,27). The predicted octanol–water partition coefficient (Wildman–Crippen LogP) is 3.82. The Morgan fingerprint density at radius 2 is 2.00 bits per heavy atom. The molecule has 31 heavy (non-hydrogen) atoms. The Kier molecular flexibility index (Phi) is 5.65. The van der Waals surface area contributed by atoms with Gasteiger partial charge < -0.3 is 20.1 Å². The molecule has 9 heteroatoms. The van der Waals surface area contributed by atoms with Gasteiger partial charge in [0, 0.05) is 24.4 Å². The molecule has 0 spiro atoms. The minimum absolute atomic E-state index is 0.175. The van der Waals surface area contributed by atoms with Crippen LogP contribution in [0.25, 0.3) is 0 Å². The van der Waals surface area contributed by atoms with E-state index in [4.69, 9.17) is 9.47 Å². The molecule has 2 heterocycles. The van der Waals surface area contributed by atoms with Crippen LogP contribution in [-0.2, 0) is 6.54 Å². The van der Waals surface area contributed by atoms with E-state index < -0.39 is 10.8 Å². The maximum Gasteiger partial charge on any atom is 0.293 e. The summed E-state index contributed by atoms with van der Waals surface area (Å²) >= 11 is 0. The van der Waals surface area contributed by atoms with Gasteiger partial charge in [-0.2, -0.15) is 0 Å². The summed E-state index contributed by atoms with van der Waals surface area (Å²) in [5, 5.41) is 17.5. The third kappa shape index (κ3) is 4.55. The first-order valence-electron chi connectivity index (χ1n) is 9.64. The maximum atomic E-state index is 12.6. The number of anilines is 1. The number of amides is 1. The highest BCUT2D eigenvalue weighted by atomic mass is 16.7. The van der Waals surface area contributed by atoms with Crippen molar-refractivity contribution >= 4 is 17.3 Å². The van der Waals surface area contributed by atoms with Crippen LogP contribution in [0.5, 0.6) is 11.5 Å². The average Bonchev–Trinajstić information content (AvgIpc) is 3.26. The van der Waals surface area contributed by atoms with Crippen molar-refractivity contribution in [3.8, 4) is 11.5 Å². The van der Waals surface area contributed by atoms with Gasteiger partial charge in [0.05, 0.1) is 16.7 Å². The quantitative estimate of drug-likeness (QED) is 0.441. The lowest BCUT2D eigenvalue weighted by Gasteiger charge is -2.15. The molecule has 1 aliphatic rings. The molecule has 1 atom stereocenters. The normalized spacial score (nSPS) is 12.8. The summed E-state index contributed by atoms with van der Waals surface area (Å²) in [7, 11) is 0. The Labute approximate surface area is 178 Å². The van der Waals surface area contributed by atoms with Crippen LogP contribution >= 0.6 is 0 Å². The van der Waals surface area contributed by atoms with Gasteiger partial charge in [-0.15, -0.1) is 0 Å². The largest absolute Gasteiger partial charge is 0.454 e. The molecule has 1 amide bonds. The second-order valence-electron chi connectivity index (χ2n) is 6.98. The van der Waals surface area contributed by atoms with Crippen LogP contribution in [0.1, 0.15) is 34.6 Å². The van der Waals surface area contributed by atoms with Gasteiger partial charge in [0.15, 0.2) is 11.5 Å². The van der Waals surface area contributed by atoms with Gasteiger partial charge in [0.25, 0.3) is 11.6 Å². The number of hydrogen-bond acceptors (Lipinski definition) is 7. The summed E-state index contributed by atoms with van der Waals surface area (Å²) in [5.41, 5.74) is 1.91. The second-order valence-corrected chi connectivity index (χ2v) is 6.98. The number of hydrogen-bond donors (Lipinski definition) is 2. The fourth-order valence-electron chi connectivity index (χ4n) is 3.22. The molecule has 2 aromatic carbocycles. The molecule has 4 rings (SSSR count). The van der Waals surface area contributed by atoms with Crippen molar-refractivity contribution in [3.05, 3.63) is 87.7 Å². The summed E-state index contributed by atoms with van der Waals surface area (Å²) in [6.45, 7) is 2.28. The van der Waals surface area contributed by atoms with Crippen LogP contribution in [-0.4, -0.2) is 22.6 Å². The minimum atomic E-state index is -0.512. The van der Waals surface area contributed by atoms with Crippen molar-refractivity contribution < 1.29 is 19.2 Å². The third-order valence-corrected chi connectivity index (χ3v) is 4.85. The van der Waals surface area contributed by atoms with Gasteiger partial charge in [-0.25, -0.2) is 0 Å². The van der Waals surface area contributed by atoms with E-state index in [9.17, 15) is 14.9 Å². The van der Waals surface area contributed by atoms with E-state index >= 15 is 0 Å². The molecule has 158 valence electrons. The monoisotopic (exact) mass is 420 g/mol. The van der Waals surface area contributed by atoms with Gasteiger partial charge in [-0.05, 0) is 48.9 Å². The van der Waals surface area contributed by atoms with Gasteiger partial charge in [0.2, 0.25) is 6.79 Å². The molecular weight excluding hydrogens is 400 g/mol. The lowest BCUT2D eigenvalue weighted by molar-refractivity contribution is -0.384. The first kappa shape index (κ1) is 20.1. The second kappa shape index (κ2) is 8.70. The van der Waals surface area contributed by atoms with Crippen LogP contribution in [0.15, 0.2) is 60.8 Å². The molecule has 0 saturated carbocycles. The zero-order chi connectivity index (χ0) is 21.8. The maximum absolute atomic E-state index is 12.6. The number of nitrogens with zero attached hydrogens (tertiary/aromatic N) is 2. The number of benzene rings is 2. The van der Waals surface area contributed by atoms with E-state index in [0.717, 1.165) is 11.3 Å². The predicted molar refractivity (Wildman–Crippen MR) is 113 cm³/mol. The van der Waals surface area contributed by atoms with E-state index in [1.54, 1.807) is 30.5 Å². The number of nitro benzene ring substituents is 1. The minimum Gasteiger partial charge on any atom is -0.454 e. The molecule has 1 unspecified atom stereocenters. The summed E-state index contributed by atoms with van der Waals surface area (Å²) in [6.07, 6.45) is 1.66. The van der Waals surface area contributed by atoms with Crippen LogP contribution in [0.2, 0.25) is 0 Å². The third-order valence-electron chi connectivity index (χ3n) is 4.85. The van der Waals surface area contributed by atoms with Gasteiger partial charge in [-0.3, -0.25) is 19.9 Å². The molecule has 0 fully saturated rings. The fraction of sp³-hybridized carbons (Fsp3) is 0.182. The molecule has 1 aromatic heterocycles. The number of fused-ring (bicyclic) bond motifs is 1. The van der Waals surface area contributed by atoms with Gasteiger partial charge in [-0.1, -0.05) is 12.1 Å². The number of carbonyl (C=O) groups is 1. The SMILES string of the molecule is CC(Nc1ccc(C(=O)NCc2ccc3c(c2)OCO3)cc1[N+](=O)[O-])c1ccccn1. The van der Waals surface area contributed by atoms with Crippen LogP contribution in [0, 0.1) is 10.1 Å². The van der Waals surface area contributed by atoms with Crippen molar-refractivity contribution in [2.75, 3.05) is 12.1 Å².